The number of benzene rings is 3. The van der Waals surface area contributed by atoms with E-state index in [0.29, 0.717) is 22.0 Å². The zero-order valence-electron chi connectivity index (χ0n) is 17.0. The van der Waals surface area contributed by atoms with Crippen LogP contribution in [-0.2, 0) is 14.8 Å². The van der Waals surface area contributed by atoms with Gasteiger partial charge in [-0.15, -0.1) is 0 Å². The molecule has 2 N–H and O–H groups in total. The molecule has 3 rings (SSSR count). The van der Waals surface area contributed by atoms with Crippen LogP contribution in [0.25, 0.3) is 6.08 Å². The summed E-state index contributed by atoms with van der Waals surface area (Å²) in [5.74, 6) is -0.425. The van der Waals surface area contributed by atoms with Gasteiger partial charge in [0.2, 0.25) is 5.91 Å². The van der Waals surface area contributed by atoms with E-state index in [0.717, 1.165) is 0 Å². The second kappa shape index (κ2) is 10.4. The average molecular weight is 486 g/mol. The number of nitrogens with zero attached hydrogens (tertiary/aromatic N) is 1. The standard InChI is InChI=1S/C23H20ClN3O3S2/c1-27(19-8-3-2-4-9-19)32(29,30)20-14-12-18(13-15-20)25-23(31)26-22(28)16-11-17-7-5-6-10-21(17)24/h2-16H,1H3,(H2,25,26,28,31). The molecule has 0 aromatic heterocycles. The summed E-state index contributed by atoms with van der Waals surface area (Å²) in [6.07, 6.45) is 2.91. The molecule has 9 heteroatoms. The third-order valence-corrected chi connectivity index (χ3v) is 6.79. The highest BCUT2D eigenvalue weighted by atomic mass is 35.5. The molecule has 0 fully saturated rings. The topological polar surface area (TPSA) is 78.5 Å². The summed E-state index contributed by atoms with van der Waals surface area (Å²) in [6, 6.07) is 22.0. The fourth-order valence-corrected chi connectivity index (χ4v) is 4.35. The van der Waals surface area contributed by atoms with Crippen molar-refractivity contribution >= 4 is 62.3 Å². The van der Waals surface area contributed by atoms with Crippen LogP contribution in [0.1, 0.15) is 5.56 Å². The van der Waals surface area contributed by atoms with Gasteiger partial charge in [-0.1, -0.05) is 48.0 Å². The van der Waals surface area contributed by atoms with Crippen LogP contribution in [0.5, 0.6) is 0 Å². The Morgan fingerprint density at radius 2 is 1.59 bits per heavy atom. The van der Waals surface area contributed by atoms with Gasteiger partial charge in [-0.2, -0.15) is 0 Å². The first kappa shape index (κ1) is 23.5. The number of hydrogen-bond acceptors (Lipinski definition) is 4. The Kier molecular flexibility index (Phi) is 7.63. The zero-order valence-corrected chi connectivity index (χ0v) is 19.4. The van der Waals surface area contributed by atoms with Crippen molar-refractivity contribution in [3.8, 4) is 0 Å². The van der Waals surface area contributed by atoms with E-state index in [9.17, 15) is 13.2 Å². The molecule has 6 nitrogen and oxygen atoms in total. The number of para-hydroxylation sites is 1. The van der Waals surface area contributed by atoms with E-state index in [1.165, 1.54) is 29.6 Å². The Morgan fingerprint density at radius 3 is 2.25 bits per heavy atom. The number of halogens is 1. The van der Waals surface area contributed by atoms with Gasteiger partial charge in [0.05, 0.1) is 10.6 Å². The predicted octanol–water partition coefficient (Wildman–Crippen LogP) is 4.69. The summed E-state index contributed by atoms with van der Waals surface area (Å²) in [6.45, 7) is 0. The Labute approximate surface area is 197 Å². The minimum absolute atomic E-state index is 0.0795. The van der Waals surface area contributed by atoms with Crippen LogP contribution in [0.3, 0.4) is 0 Å². The monoisotopic (exact) mass is 485 g/mol. The lowest BCUT2D eigenvalue weighted by Gasteiger charge is -2.19. The van der Waals surface area contributed by atoms with Crippen molar-refractivity contribution in [3.63, 3.8) is 0 Å². The molecule has 0 atom stereocenters. The van der Waals surface area contributed by atoms with E-state index in [1.54, 1.807) is 60.7 Å². The molecular weight excluding hydrogens is 466 g/mol. The highest BCUT2D eigenvalue weighted by molar-refractivity contribution is 7.92. The molecule has 0 saturated carbocycles. The highest BCUT2D eigenvalue weighted by Gasteiger charge is 2.21. The number of hydrogen-bond donors (Lipinski definition) is 2. The van der Waals surface area contributed by atoms with E-state index >= 15 is 0 Å². The van der Waals surface area contributed by atoms with Crippen molar-refractivity contribution in [1.29, 1.82) is 0 Å². The van der Waals surface area contributed by atoms with Gasteiger partial charge in [0.15, 0.2) is 5.11 Å². The fourth-order valence-electron chi connectivity index (χ4n) is 2.74. The summed E-state index contributed by atoms with van der Waals surface area (Å²) < 4.78 is 26.9. The van der Waals surface area contributed by atoms with Gasteiger partial charge in [0, 0.05) is 23.8 Å². The highest BCUT2D eigenvalue weighted by Crippen LogP contribution is 2.23. The van der Waals surface area contributed by atoms with Crippen LogP contribution in [0, 0.1) is 0 Å². The third-order valence-electron chi connectivity index (χ3n) is 4.45. The predicted molar refractivity (Wildman–Crippen MR) is 133 cm³/mol. The Balaban J connectivity index is 1.61. The van der Waals surface area contributed by atoms with Crippen molar-refractivity contribution in [2.75, 3.05) is 16.7 Å². The van der Waals surface area contributed by atoms with Gasteiger partial charge < -0.3 is 5.32 Å². The van der Waals surface area contributed by atoms with Crippen molar-refractivity contribution in [1.82, 2.24) is 5.32 Å². The quantitative estimate of drug-likeness (QED) is 0.391. The molecule has 164 valence electrons. The summed E-state index contributed by atoms with van der Waals surface area (Å²) in [7, 11) is -2.21. The van der Waals surface area contributed by atoms with Crippen LogP contribution >= 0.6 is 23.8 Å². The van der Waals surface area contributed by atoms with Crippen molar-refractivity contribution < 1.29 is 13.2 Å². The zero-order chi connectivity index (χ0) is 23.1. The van der Waals surface area contributed by atoms with E-state index in [-0.39, 0.29) is 10.0 Å². The number of thiocarbonyl (C=S) groups is 1. The van der Waals surface area contributed by atoms with Crippen molar-refractivity contribution in [2.45, 2.75) is 4.90 Å². The second-order valence-electron chi connectivity index (χ2n) is 6.63. The summed E-state index contributed by atoms with van der Waals surface area (Å²) >= 11 is 11.2. The van der Waals surface area contributed by atoms with Crippen molar-refractivity contribution in [3.05, 3.63) is 95.5 Å². The Morgan fingerprint density at radius 1 is 0.969 bits per heavy atom. The van der Waals surface area contributed by atoms with Gasteiger partial charge in [0.1, 0.15) is 0 Å². The molecule has 0 radical (unpaired) electrons. The lowest BCUT2D eigenvalue weighted by atomic mass is 10.2. The van der Waals surface area contributed by atoms with Gasteiger partial charge in [-0.05, 0) is 66.3 Å². The molecular formula is C23H20ClN3O3S2. The number of rotatable bonds is 6. The maximum Gasteiger partial charge on any atom is 0.264 e. The maximum atomic E-state index is 12.8. The first-order valence-corrected chi connectivity index (χ1v) is 11.7. The molecule has 0 aliphatic carbocycles. The Bertz CT molecular complexity index is 1240. The number of carbonyl (C=O) groups excluding carboxylic acids is 1. The van der Waals surface area contributed by atoms with E-state index in [2.05, 4.69) is 10.6 Å². The normalized spacial score (nSPS) is 11.2. The minimum atomic E-state index is -3.71. The van der Waals surface area contributed by atoms with E-state index < -0.39 is 15.9 Å². The fraction of sp³-hybridized carbons (Fsp3) is 0.0435. The molecule has 0 saturated heterocycles. The van der Waals surface area contributed by atoms with Crippen LogP contribution in [0.15, 0.2) is 89.8 Å². The SMILES string of the molecule is CN(c1ccccc1)S(=O)(=O)c1ccc(NC(=S)NC(=O)C=Cc2ccccc2Cl)cc1. The van der Waals surface area contributed by atoms with E-state index in [4.69, 9.17) is 23.8 Å². The molecule has 32 heavy (non-hydrogen) atoms. The lowest BCUT2D eigenvalue weighted by molar-refractivity contribution is -0.115. The summed E-state index contributed by atoms with van der Waals surface area (Å²) in [5.41, 5.74) is 1.80. The number of nitrogens with one attached hydrogen (secondary N) is 2. The Hall–Kier alpha value is -3.20. The number of anilines is 2. The molecule has 3 aromatic rings. The van der Waals surface area contributed by atoms with E-state index in [1.807, 2.05) is 12.1 Å². The van der Waals surface area contributed by atoms with Crippen LogP contribution in [-0.4, -0.2) is 26.5 Å². The third kappa shape index (κ3) is 5.94. The number of carbonyl (C=O) groups is 1. The molecule has 0 unspecified atom stereocenters. The lowest BCUT2D eigenvalue weighted by Crippen LogP contribution is -2.32. The second-order valence-corrected chi connectivity index (χ2v) is 9.42. The smallest absolute Gasteiger partial charge is 0.264 e. The molecule has 0 heterocycles. The molecule has 1 amide bonds. The largest absolute Gasteiger partial charge is 0.332 e. The molecule has 3 aromatic carbocycles. The first-order chi connectivity index (χ1) is 15.3. The average Bonchev–Trinajstić information content (AvgIpc) is 2.79. The van der Waals surface area contributed by atoms with Crippen LogP contribution in [0.2, 0.25) is 5.02 Å². The van der Waals surface area contributed by atoms with Gasteiger partial charge in [-0.25, -0.2) is 8.42 Å². The molecule has 0 aliphatic heterocycles. The van der Waals surface area contributed by atoms with Crippen molar-refractivity contribution in [2.24, 2.45) is 0 Å². The maximum absolute atomic E-state index is 12.8. The molecule has 0 bridgehead atoms. The summed E-state index contributed by atoms with van der Waals surface area (Å²) in [5, 5.41) is 5.99. The molecule has 0 spiro atoms. The van der Waals surface area contributed by atoms with Gasteiger partial charge in [0.25, 0.3) is 10.0 Å². The first-order valence-electron chi connectivity index (χ1n) is 9.46. The summed E-state index contributed by atoms with van der Waals surface area (Å²) in [4.78, 5) is 12.2. The van der Waals surface area contributed by atoms with Gasteiger partial charge >= 0.3 is 0 Å². The number of amides is 1. The van der Waals surface area contributed by atoms with Gasteiger partial charge in [-0.3, -0.25) is 14.4 Å². The minimum Gasteiger partial charge on any atom is -0.332 e. The molecule has 0 aliphatic rings. The van der Waals surface area contributed by atoms with Crippen LogP contribution in [0.4, 0.5) is 11.4 Å². The number of sulfonamides is 1. The van der Waals surface area contributed by atoms with Crippen LogP contribution < -0.4 is 14.9 Å².